The van der Waals surface area contributed by atoms with E-state index in [-0.39, 0.29) is 11.3 Å². The first kappa shape index (κ1) is 15.9. The smallest absolute Gasteiger partial charge is 0.306 e. The molecule has 3 nitrogen and oxygen atoms in total. The largest absolute Gasteiger partial charge is 0.481 e. The van der Waals surface area contributed by atoms with Crippen LogP contribution < -0.4 is 4.90 Å². The highest BCUT2D eigenvalue weighted by molar-refractivity contribution is 5.70. The van der Waals surface area contributed by atoms with E-state index in [1.165, 1.54) is 24.1 Å². The van der Waals surface area contributed by atoms with E-state index in [9.17, 15) is 4.79 Å². The first-order valence-electron chi connectivity index (χ1n) is 8.02. The molecular formula is C18H27NO2. The van der Waals surface area contributed by atoms with E-state index >= 15 is 0 Å². The molecule has 0 amide bonds. The molecule has 1 aromatic carbocycles. The fourth-order valence-electron chi connectivity index (χ4n) is 3.28. The Morgan fingerprint density at radius 2 is 1.81 bits per heavy atom. The average Bonchev–Trinajstić information content (AvgIpc) is 2.47. The molecule has 0 aromatic heterocycles. The molecular weight excluding hydrogens is 262 g/mol. The van der Waals surface area contributed by atoms with Gasteiger partial charge in [0.05, 0.1) is 5.92 Å². The van der Waals surface area contributed by atoms with Gasteiger partial charge in [-0.15, -0.1) is 0 Å². The molecule has 116 valence electrons. The van der Waals surface area contributed by atoms with Crippen LogP contribution in [-0.4, -0.2) is 24.2 Å². The molecule has 0 unspecified atom stereocenters. The second-order valence-corrected chi connectivity index (χ2v) is 6.78. The maximum absolute atomic E-state index is 11.0. The number of benzene rings is 1. The van der Waals surface area contributed by atoms with Crippen LogP contribution in [0.2, 0.25) is 0 Å². The third kappa shape index (κ3) is 3.78. The van der Waals surface area contributed by atoms with Gasteiger partial charge in [-0.1, -0.05) is 39.3 Å². The second kappa shape index (κ2) is 6.50. The Morgan fingerprint density at radius 1 is 1.24 bits per heavy atom. The lowest BCUT2D eigenvalue weighted by Crippen LogP contribution is -2.36. The molecule has 0 atom stereocenters. The van der Waals surface area contributed by atoms with Gasteiger partial charge in [0.1, 0.15) is 0 Å². The number of carboxylic acids is 1. The van der Waals surface area contributed by atoms with Gasteiger partial charge in [0.2, 0.25) is 0 Å². The molecule has 1 N–H and O–H groups in total. The minimum Gasteiger partial charge on any atom is -0.481 e. The summed E-state index contributed by atoms with van der Waals surface area (Å²) in [5, 5.41) is 9.05. The molecule has 1 aliphatic heterocycles. The summed E-state index contributed by atoms with van der Waals surface area (Å²) in [6.07, 6.45) is 3.88. The lowest BCUT2D eigenvalue weighted by atomic mass is 9.81. The molecule has 1 aliphatic rings. The van der Waals surface area contributed by atoms with Gasteiger partial charge in [0, 0.05) is 18.8 Å². The molecule has 0 saturated carbocycles. The predicted octanol–water partition coefficient (Wildman–Crippen LogP) is 4.07. The van der Waals surface area contributed by atoms with E-state index in [1.54, 1.807) is 0 Å². The number of piperidine rings is 1. The first-order valence-corrected chi connectivity index (χ1v) is 8.02. The third-order valence-corrected chi connectivity index (χ3v) is 4.73. The molecule has 0 radical (unpaired) electrons. The van der Waals surface area contributed by atoms with Crippen molar-refractivity contribution in [1.82, 2.24) is 0 Å². The zero-order valence-electron chi connectivity index (χ0n) is 13.4. The molecule has 1 fully saturated rings. The number of hydrogen-bond acceptors (Lipinski definition) is 2. The summed E-state index contributed by atoms with van der Waals surface area (Å²) in [7, 11) is 0. The standard InChI is InChI=1S/C18H27NO2/c1-4-11-18(2,3)15-5-7-16(8-6-15)19-12-9-14(10-13-19)17(20)21/h5-8,14H,4,9-13H2,1-3H3,(H,20,21). The summed E-state index contributed by atoms with van der Waals surface area (Å²) < 4.78 is 0. The van der Waals surface area contributed by atoms with Gasteiger partial charge in [-0.25, -0.2) is 0 Å². The molecule has 1 saturated heterocycles. The van der Waals surface area contributed by atoms with Crippen LogP contribution in [0.1, 0.15) is 52.0 Å². The van der Waals surface area contributed by atoms with E-state index in [0.29, 0.717) is 0 Å². The normalized spacial score (nSPS) is 17.0. The minimum absolute atomic E-state index is 0.163. The summed E-state index contributed by atoms with van der Waals surface area (Å²) in [5.41, 5.74) is 2.83. The van der Waals surface area contributed by atoms with Crippen molar-refractivity contribution < 1.29 is 9.90 Å². The maximum atomic E-state index is 11.0. The number of carboxylic acid groups (broad SMARTS) is 1. The molecule has 0 aliphatic carbocycles. The Balaban J connectivity index is 2.02. The van der Waals surface area contributed by atoms with E-state index in [4.69, 9.17) is 5.11 Å². The Hall–Kier alpha value is -1.51. The van der Waals surface area contributed by atoms with Crippen molar-refractivity contribution in [1.29, 1.82) is 0 Å². The summed E-state index contributed by atoms with van der Waals surface area (Å²) in [4.78, 5) is 13.3. The maximum Gasteiger partial charge on any atom is 0.306 e. The fourth-order valence-corrected chi connectivity index (χ4v) is 3.28. The molecule has 2 rings (SSSR count). The number of nitrogens with zero attached hydrogens (tertiary/aromatic N) is 1. The fraction of sp³-hybridized carbons (Fsp3) is 0.611. The molecule has 1 heterocycles. The van der Waals surface area contributed by atoms with Crippen LogP contribution in [0.3, 0.4) is 0 Å². The van der Waals surface area contributed by atoms with Crippen molar-refractivity contribution in [2.24, 2.45) is 5.92 Å². The van der Waals surface area contributed by atoms with Crippen LogP contribution in [-0.2, 0) is 10.2 Å². The van der Waals surface area contributed by atoms with Gasteiger partial charge in [-0.3, -0.25) is 4.79 Å². The highest BCUT2D eigenvalue weighted by Crippen LogP contribution is 2.31. The van der Waals surface area contributed by atoms with Crippen LogP contribution >= 0.6 is 0 Å². The van der Waals surface area contributed by atoms with Gasteiger partial charge in [0.25, 0.3) is 0 Å². The third-order valence-electron chi connectivity index (χ3n) is 4.73. The van der Waals surface area contributed by atoms with Crippen LogP contribution in [0.15, 0.2) is 24.3 Å². The Bertz CT molecular complexity index is 470. The Kier molecular flexibility index (Phi) is 4.92. The molecule has 3 heteroatoms. The lowest BCUT2D eigenvalue weighted by Gasteiger charge is -2.32. The van der Waals surface area contributed by atoms with E-state index in [2.05, 4.69) is 49.9 Å². The van der Waals surface area contributed by atoms with Crippen molar-refractivity contribution in [3.8, 4) is 0 Å². The molecule has 21 heavy (non-hydrogen) atoms. The van der Waals surface area contributed by atoms with Crippen molar-refractivity contribution in [2.75, 3.05) is 18.0 Å². The Labute approximate surface area is 128 Å². The predicted molar refractivity (Wildman–Crippen MR) is 86.9 cm³/mol. The minimum atomic E-state index is -0.647. The van der Waals surface area contributed by atoms with E-state index in [0.717, 1.165) is 25.9 Å². The zero-order chi connectivity index (χ0) is 15.5. The van der Waals surface area contributed by atoms with E-state index in [1.807, 2.05) is 0 Å². The Morgan fingerprint density at radius 3 is 2.29 bits per heavy atom. The monoisotopic (exact) mass is 289 g/mol. The molecule has 0 bridgehead atoms. The van der Waals surface area contributed by atoms with Crippen molar-refractivity contribution in [3.05, 3.63) is 29.8 Å². The van der Waals surface area contributed by atoms with Crippen LogP contribution in [0.5, 0.6) is 0 Å². The lowest BCUT2D eigenvalue weighted by molar-refractivity contribution is -0.142. The highest BCUT2D eigenvalue weighted by Gasteiger charge is 2.25. The quantitative estimate of drug-likeness (QED) is 0.888. The zero-order valence-corrected chi connectivity index (χ0v) is 13.4. The first-order chi connectivity index (χ1) is 9.94. The van der Waals surface area contributed by atoms with Gasteiger partial charge in [0.15, 0.2) is 0 Å². The van der Waals surface area contributed by atoms with Gasteiger partial charge < -0.3 is 10.0 Å². The number of anilines is 1. The number of hydrogen-bond donors (Lipinski definition) is 1. The van der Waals surface area contributed by atoms with E-state index < -0.39 is 5.97 Å². The van der Waals surface area contributed by atoms with Crippen molar-refractivity contribution in [3.63, 3.8) is 0 Å². The summed E-state index contributed by atoms with van der Waals surface area (Å²) in [6, 6.07) is 8.84. The number of carbonyl (C=O) groups is 1. The van der Waals surface area contributed by atoms with Crippen LogP contribution in [0.25, 0.3) is 0 Å². The van der Waals surface area contributed by atoms with Crippen molar-refractivity contribution in [2.45, 2.75) is 51.9 Å². The topological polar surface area (TPSA) is 40.5 Å². The van der Waals surface area contributed by atoms with Crippen molar-refractivity contribution >= 4 is 11.7 Å². The number of rotatable bonds is 5. The summed E-state index contributed by atoms with van der Waals surface area (Å²) in [5.74, 6) is -0.810. The molecule has 0 spiro atoms. The van der Waals surface area contributed by atoms with Crippen LogP contribution in [0, 0.1) is 5.92 Å². The van der Waals surface area contributed by atoms with Gasteiger partial charge in [-0.05, 0) is 42.4 Å². The SMILES string of the molecule is CCCC(C)(C)c1ccc(N2CCC(C(=O)O)CC2)cc1. The highest BCUT2D eigenvalue weighted by atomic mass is 16.4. The second-order valence-electron chi connectivity index (χ2n) is 6.78. The van der Waals surface area contributed by atoms with Gasteiger partial charge >= 0.3 is 5.97 Å². The van der Waals surface area contributed by atoms with Gasteiger partial charge in [-0.2, -0.15) is 0 Å². The molecule has 1 aromatic rings. The number of aliphatic carboxylic acids is 1. The van der Waals surface area contributed by atoms with Crippen LogP contribution in [0.4, 0.5) is 5.69 Å². The summed E-state index contributed by atoms with van der Waals surface area (Å²) >= 11 is 0. The summed E-state index contributed by atoms with van der Waals surface area (Å²) in [6.45, 7) is 8.50. The average molecular weight is 289 g/mol.